The molecule has 1 amide bonds. The predicted octanol–water partition coefficient (Wildman–Crippen LogP) is 1.84. The second-order valence-electron chi connectivity index (χ2n) is 6.99. The standard InChI is InChI=1S/C17H23NO4S/c1-17(2)10-13(7-9-23(17,20)21)18-16(19)15-5-3-4-12-11-22-8-6-14(12)15/h3-5,13H,6-11H2,1-2H3,(H,18,19). The molecule has 1 N–H and O–H groups in total. The second kappa shape index (κ2) is 5.91. The maximum absolute atomic E-state index is 12.7. The van der Waals surface area contributed by atoms with Crippen molar-refractivity contribution in [2.24, 2.45) is 0 Å². The Morgan fingerprint density at radius 1 is 1.35 bits per heavy atom. The fourth-order valence-electron chi connectivity index (χ4n) is 3.42. The number of hydrogen-bond donors (Lipinski definition) is 1. The molecule has 0 saturated carbocycles. The summed E-state index contributed by atoms with van der Waals surface area (Å²) in [4.78, 5) is 12.7. The van der Waals surface area contributed by atoms with Crippen molar-refractivity contribution in [3.8, 4) is 0 Å². The molecule has 0 bridgehead atoms. The van der Waals surface area contributed by atoms with Crippen LogP contribution in [0.3, 0.4) is 0 Å². The predicted molar refractivity (Wildman–Crippen MR) is 88.2 cm³/mol. The molecule has 0 aromatic heterocycles. The molecule has 0 radical (unpaired) electrons. The Labute approximate surface area is 137 Å². The number of sulfone groups is 1. The Morgan fingerprint density at radius 2 is 2.13 bits per heavy atom. The van der Waals surface area contributed by atoms with Crippen molar-refractivity contribution in [1.29, 1.82) is 0 Å². The van der Waals surface area contributed by atoms with Gasteiger partial charge >= 0.3 is 0 Å². The van der Waals surface area contributed by atoms with Crippen molar-refractivity contribution in [3.05, 3.63) is 34.9 Å². The topological polar surface area (TPSA) is 72.5 Å². The number of hydrogen-bond acceptors (Lipinski definition) is 4. The number of benzene rings is 1. The molecule has 1 aromatic carbocycles. The van der Waals surface area contributed by atoms with Gasteiger partial charge in [0, 0.05) is 11.6 Å². The lowest BCUT2D eigenvalue weighted by Crippen LogP contribution is -2.49. The zero-order valence-electron chi connectivity index (χ0n) is 13.6. The number of fused-ring (bicyclic) bond motifs is 1. The molecule has 1 aromatic rings. The van der Waals surface area contributed by atoms with E-state index in [2.05, 4.69) is 5.32 Å². The van der Waals surface area contributed by atoms with Crippen molar-refractivity contribution in [1.82, 2.24) is 5.32 Å². The minimum atomic E-state index is -3.08. The molecule has 0 aliphatic carbocycles. The number of carbonyl (C=O) groups excluding carboxylic acids is 1. The molecule has 1 saturated heterocycles. The van der Waals surface area contributed by atoms with Crippen LogP contribution in [-0.2, 0) is 27.6 Å². The highest BCUT2D eigenvalue weighted by Crippen LogP contribution is 2.30. The van der Waals surface area contributed by atoms with Crippen molar-refractivity contribution in [2.45, 2.75) is 50.5 Å². The van der Waals surface area contributed by atoms with Gasteiger partial charge in [0.1, 0.15) is 0 Å². The molecule has 1 unspecified atom stereocenters. The van der Waals surface area contributed by atoms with Crippen LogP contribution in [0.2, 0.25) is 0 Å². The van der Waals surface area contributed by atoms with Gasteiger partial charge in [-0.05, 0) is 50.3 Å². The highest BCUT2D eigenvalue weighted by molar-refractivity contribution is 7.92. The largest absolute Gasteiger partial charge is 0.376 e. The van der Waals surface area contributed by atoms with Gasteiger partial charge in [0.25, 0.3) is 5.91 Å². The van der Waals surface area contributed by atoms with E-state index in [9.17, 15) is 13.2 Å². The van der Waals surface area contributed by atoms with Crippen molar-refractivity contribution in [2.75, 3.05) is 12.4 Å². The number of nitrogens with one attached hydrogen (secondary N) is 1. The average Bonchev–Trinajstić information content (AvgIpc) is 2.50. The molecule has 1 fully saturated rings. The van der Waals surface area contributed by atoms with Crippen LogP contribution in [-0.4, -0.2) is 37.5 Å². The van der Waals surface area contributed by atoms with Crippen molar-refractivity contribution < 1.29 is 17.9 Å². The van der Waals surface area contributed by atoms with E-state index in [1.807, 2.05) is 18.2 Å². The molecule has 126 valence electrons. The molecule has 6 heteroatoms. The summed E-state index contributed by atoms with van der Waals surface area (Å²) < 4.78 is 28.8. The summed E-state index contributed by atoms with van der Waals surface area (Å²) in [5.74, 6) is 0.0231. The van der Waals surface area contributed by atoms with E-state index >= 15 is 0 Å². The monoisotopic (exact) mass is 337 g/mol. The summed E-state index contributed by atoms with van der Waals surface area (Å²) >= 11 is 0. The van der Waals surface area contributed by atoms with Gasteiger partial charge in [0.15, 0.2) is 9.84 Å². The molecule has 23 heavy (non-hydrogen) atoms. The molecule has 5 nitrogen and oxygen atoms in total. The van der Waals surface area contributed by atoms with Gasteiger partial charge in [0.05, 0.1) is 23.7 Å². The molecule has 2 aliphatic heterocycles. The van der Waals surface area contributed by atoms with Crippen molar-refractivity contribution in [3.63, 3.8) is 0 Å². The number of carbonyl (C=O) groups is 1. The van der Waals surface area contributed by atoms with Crippen LogP contribution >= 0.6 is 0 Å². The summed E-state index contributed by atoms with van der Waals surface area (Å²) in [6.45, 7) is 4.65. The van der Waals surface area contributed by atoms with Crippen LogP contribution in [0.15, 0.2) is 18.2 Å². The zero-order valence-corrected chi connectivity index (χ0v) is 14.4. The third-order valence-corrected chi connectivity index (χ3v) is 7.55. The zero-order chi connectivity index (χ0) is 16.7. The molecule has 1 atom stereocenters. The summed E-state index contributed by atoms with van der Waals surface area (Å²) in [5, 5.41) is 3.03. The summed E-state index contributed by atoms with van der Waals surface area (Å²) in [5.41, 5.74) is 2.81. The average molecular weight is 337 g/mol. The van der Waals surface area contributed by atoms with Crippen LogP contribution in [0.5, 0.6) is 0 Å². The van der Waals surface area contributed by atoms with Gasteiger partial charge in [-0.3, -0.25) is 4.79 Å². The SMILES string of the molecule is CC1(C)CC(NC(=O)c2cccc3c2CCOC3)CCS1(=O)=O. The second-order valence-corrected chi connectivity index (χ2v) is 9.73. The van der Waals surface area contributed by atoms with Gasteiger partial charge in [-0.1, -0.05) is 12.1 Å². The highest BCUT2D eigenvalue weighted by Gasteiger charge is 2.41. The van der Waals surface area contributed by atoms with Gasteiger partial charge in [0.2, 0.25) is 0 Å². The van der Waals surface area contributed by atoms with Gasteiger partial charge in [-0.15, -0.1) is 0 Å². The lowest BCUT2D eigenvalue weighted by molar-refractivity contribution is 0.0919. The van der Waals surface area contributed by atoms with E-state index in [0.717, 1.165) is 17.5 Å². The molecule has 0 spiro atoms. The van der Waals surface area contributed by atoms with Gasteiger partial charge in [-0.2, -0.15) is 0 Å². The van der Waals surface area contributed by atoms with Crippen LogP contribution in [0.1, 0.15) is 48.2 Å². The molecular weight excluding hydrogens is 314 g/mol. The van der Waals surface area contributed by atoms with Crippen LogP contribution in [0.25, 0.3) is 0 Å². The molecule has 2 aliphatic rings. The minimum Gasteiger partial charge on any atom is -0.376 e. The maximum atomic E-state index is 12.7. The Morgan fingerprint density at radius 3 is 2.87 bits per heavy atom. The first-order valence-electron chi connectivity index (χ1n) is 8.02. The number of ether oxygens (including phenoxy) is 1. The molecular formula is C17H23NO4S. The van der Waals surface area contributed by atoms with Crippen LogP contribution in [0, 0.1) is 0 Å². The fraction of sp³-hybridized carbons (Fsp3) is 0.588. The lowest BCUT2D eigenvalue weighted by Gasteiger charge is -2.35. The maximum Gasteiger partial charge on any atom is 0.251 e. The van der Waals surface area contributed by atoms with Crippen molar-refractivity contribution >= 4 is 15.7 Å². The van der Waals surface area contributed by atoms with E-state index in [1.165, 1.54) is 0 Å². The van der Waals surface area contributed by atoms with E-state index < -0.39 is 14.6 Å². The van der Waals surface area contributed by atoms with Gasteiger partial charge < -0.3 is 10.1 Å². The van der Waals surface area contributed by atoms with Crippen LogP contribution in [0.4, 0.5) is 0 Å². The first kappa shape index (κ1) is 16.5. The van der Waals surface area contributed by atoms with E-state index in [-0.39, 0.29) is 17.7 Å². The van der Waals surface area contributed by atoms with Gasteiger partial charge in [-0.25, -0.2) is 8.42 Å². The Bertz CT molecular complexity index is 724. The van der Waals surface area contributed by atoms with E-state index in [1.54, 1.807) is 13.8 Å². The highest BCUT2D eigenvalue weighted by atomic mass is 32.2. The summed E-state index contributed by atoms with van der Waals surface area (Å²) in [7, 11) is -3.08. The first-order valence-corrected chi connectivity index (χ1v) is 9.67. The van der Waals surface area contributed by atoms with E-state index in [0.29, 0.717) is 31.6 Å². The number of rotatable bonds is 2. The number of amides is 1. The first-order chi connectivity index (χ1) is 10.8. The Hall–Kier alpha value is -1.40. The molecule has 3 rings (SSSR count). The summed E-state index contributed by atoms with van der Waals surface area (Å²) in [6.07, 6.45) is 1.68. The fourth-order valence-corrected chi connectivity index (χ4v) is 5.02. The quantitative estimate of drug-likeness (QED) is 0.894. The minimum absolute atomic E-state index is 0.100. The summed E-state index contributed by atoms with van der Waals surface area (Å²) in [6, 6.07) is 5.60. The normalized spacial score (nSPS) is 25.4. The van der Waals surface area contributed by atoms with Crippen LogP contribution < -0.4 is 5.32 Å². The third kappa shape index (κ3) is 3.15. The molecule has 2 heterocycles. The third-order valence-electron chi connectivity index (χ3n) is 4.92. The Kier molecular flexibility index (Phi) is 4.23. The smallest absolute Gasteiger partial charge is 0.251 e. The Balaban J connectivity index is 1.76. The lowest BCUT2D eigenvalue weighted by atomic mass is 9.95. The van der Waals surface area contributed by atoms with E-state index in [4.69, 9.17) is 4.74 Å².